The van der Waals surface area contributed by atoms with Gasteiger partial charge >= 0.3 is 0 Å². The van der Waals surface area contributed by atoms with E-state index in [1.54, 1.807) is 12.1 Å². The van der Waals surface area contributed by atoms with Crippen molar-refractivity contribution in [2.24, 2.45) is 0 Å². The van der Waals surface area contributed by atoms with Crippen LogP contribution in [0.1, 0.15) is 36.7 Å². The second-order valence-corrected chi connectivity index (χ2v) is 8.11. The van der Waals surface area contributed by atoms with Gasteiger partial charge in [0, 0.05) is 5.02 Å². The first-order chi connectivity index (χ1) is 12.5. The van der Waals surface area contributed by atoms with Gasteiger partial charge in [-0.1, -0.05) is 50.0 Å². The third-order valence-electron chi connectivity index (χ3n) is 3.79. The van der Waals surface area contributed by atoms with Crippen molar-refractivity contribution in [2.75, 3.05) is 12.4 Å². The molecule has 27 heavy (non-hydrogen) atoms. The average Bonchev–Trinajstić information content (AvgIpc) is 2.55. The topological polar surface area (TPSA) is 70.6 Å². The third kappa shape index (κ3) is 5.25. The molecule has 0 unspecified atom stereocenters. The molecule has 2 rings (SSSR count). The molecule has 0 saturated heterocycles. The zero-order chi connectivity index (χ0) is 20.4. The molecule has 2 aromatic carbocycles. The van der Waals surface area contributed by atoms with Crippen LogP contribution in [0, 0.1) is 0 Å². The zero-order valence-electron chi connectivity index (χ0n) is 15.3. The monoisotopic (exact) mass is 426 g/mol. The molecule has 2 aromatic rings. The molecule has 0 radical (unpaired) electrons. The molecular formula is C19H20Cl2N2O3S. The number of benzene rings is 2. The fourth-order valence-electron chi connectivity index (χ4n) is 2.36. The number of thiocarbonyl (C=S) groups is 1. The van der Waals surface area contributed by atoms with Crippen molar-refractivity contribution < 1.29 is 14.6 Å². The highest BCUT2D eigenvalue weighted by molar-refractivity contribution is 7.80. The van der Waals surface area contributed by atoms with Gasteiger partial charge in [-0.15, -0.1) is 0 Å². The number of phenols is 1. The molecule has 0 aliphatic carbocycles. The van der Waals surface area contributed by atoms with E-state index in [1.807, 2.05) is 6.07 Å². The van der Waals surface area contributed by atoms with E-state index < -0.39 is 5.91 Å². The first-order valence-electron chi connectivity index (χ1n) is 8.01. The lowest BCUT2D eigenvalue weighted by Crippen LogP contribution is -2.34. The minimum atomic E-state index is -0.541. The number of phenolic OH excluding ortho intramolecular Hbond substituents is 1. The van der Waals surface area contributed by atoms with Crippen molar-refractivity contribution in [3.05, 3.63) is 51.5 Å². The van der Waals surface area contributed by atoms with Gasteiger partial charge in [0.25, 0.3) is 5.91 Å². The summed E-state index contributed by atoms with van der Waals surface area (Å²) in [5.41, 5.74) is 1.43. The average molecular weight is 427 g/mol. The fraction of sp³-hybridized carbons (Fsp3) is 0.263. The summed E-state index contributed by atoms with van der Waals surface area (Å²) in [5.74, 6) is -0.331. The Kier molecular flexibility index (Phi) is 6.57. The van der Waals surface area contributed by atoms with Crippen molar-refractivity contribution in [3.63, 3.8) is 0 Å². The molecule has 0 spiro atoms. The molecule has 144 valence electrons. The van der Waals surface area contributed by atoms with Gasteiger partial charge in [-0.05, 0) is 47.5 Å². The first kappa shape index (κ1) is 21.3. The standard InChI is InChI=1S/C19H20Cl2N2O3S/c1-19(2,3)10-5-6-15(24)14(7-10)22-18(27)23-17(25)12-8-11(20)9-13(21)16(12)26-4/h5-9,24H,1-4H3,(H2,22,23,25,27). The highest BCUT2D eigenvalue weighted by atomic mass is 35.5. The Bertz CT molecular complexity index is 895. The number of aromatic hydroxyl groups is 1. The summed E-state index contributed by atoms with van der Waals surface area (Å²) in [6.45, 7) is 6.16. The number of nitrogens with one attached hydrogen (secondary N) is 2. The number of carbonyl (C=O) groups is 1. The maximum Gasteiger partial charge on any atom is 0.261 e. The molecule has 3 N–H and O–H groups in total. The lowest BCUT2D eigenvalue weighted by Gasteiger charge is -2.21. The van der Waals surface area contributed by atoms with Crippen molar-refractivity contribution in [3.8, 4) is 11.5 Å². The Hall–Kier alpha value is -2.02. The van der Waals surface area contributed by atoms with Crippen LogP contribution in [0.15, 0.2) is 30.3 Å². The van der Waals surface area contributed by atoms with Crippen LogP contribution in [-0.4, -0.2) is 23.2 Å². The molecule has 8 heteroatoms. The quantitative estimate of drug-likeness (QED) is 0.468. The van der Waals surface area contributed by atoms with Gasteiger partial charge in [-0.25, -0.2) is 0 Å². The molecule has 0 fully saturated rings. The number of halogens is 2. The van der Waals surface area contributed by atoms with Gasteiger partial charge in [0.1, 0.15) is 11.5 Å². The first-order valence-corrected chi connectivity index (χ1v) is 9.18. The van der Waals surface area contributed by atoms with Crippen LogP contribution in [-0.2, 0) is 5.41 Å². The molecule has 0 aromatic heterocycles. The van der Waals surface area contributed by atoms with Crippen LogP contribution in [0.2, 0.25) is 10.0 Å². The third-order valence-corrected chi connectivity index (χ3v) is 4.50. The zero-order valence-corrected chi connectivity index (χ0v) is 17.6. The summed E-state index contributed by atoms with van der Waals surface area (Å²) in [4.78, 5) is 12.5. The number of anilines is 1. The summed E-state index contributed by atoms with van der Waals surface area (Å²) in [5, 5.41) is 15.9. The molecule has 0 atom stereocenters. The van der Waals surface area contributed by atoms with Crippen molar-refractivity contribution >= 4 is 52.1 Å². The van der Waals surface area contributed by atoms with Crippen LogP contribution >= 0.6 is 35.4 Å². The summed E-state index contributed by atoms with van der Waals surface area (Å²) in [7, 11) is 1.40. The number of hydrogen-bond acceptors (Lipinski definition) is 4. The lowest BCUT2D eigenvalue weighted by atomic mass is 9.87. The number of methoxy groups -OCH3 is 1. The minimum Gasteiger partial charge on any atom is -0.506 e. The molecule has 0 aliphatic heterocycles. The maximum atomic E-state index is 12.5. The van der Waals surface area contributed by atoms with E-state index in [-0.39, 0.29) is 32.6 Å². The summed E-state index contributed by atoms with van der Waals surface area (Å²) < 4.78 is 5.17. The van der Waals surface area contributed by atoms with Gasteiger partial charge in [0.15, 0.2) is 5.11 Å². The van der Waals surface area contributed by atoms with Crippen LogP contribution in [0.4, 0.5) is 5.69 Å². The van der Waals surface area contributed by atoms with E-state index >= 15 is 0 Å². The Balaban J connectivity index is 2.21. The van der Waals surface area contributed by atoms with Gasteiger partial charge in [0.05, 0.1) is 23.4 Å². The maximum absolute atomic E-state index is 12.5. The van der Waals surface area contributed by atoms with E-state index in [9.17, 15) is 9.90 Å². The predicted octanol–water partition coefficient (Wildman–Crippen LogP) is 5.13. The summed E-state index contributed by atoms with van der Waals surface area (Å²) in [6.07, 6.45) is 0. The molecule has 0 heterocycles. The van der Waals surface area contributed by atoms with E-state index in [1.165, 1.54) is 19.2 Å². The minimum absolute atomic E-state index is 0.0134. The van der Waals surface area contributed by atoms with Gasteiger partial charge in [0.2, 0.25) is 0 Å². The SMILES string of the molecule is COc1c(Cl)cc(Cl)cc1C(=O)NC(=S)Nc1cc(C(C)(C)C)ccc1O. The fourth-order valence-corrected chi connectivity index (χ4v) is 3.14. The largest absolute Gasteiger partial charge is 0.506 e. The van der Waals surface area contributed by atoms with E-state index in [4.69, 9.17) is 40.2 Å². The smallest absolute Gasteiger partial charge is 0.261 e. The lowest BCUT2D eigenvalue weighted by molar-refractivity contribution is 0.0974. The molecule has 0 bridgehead atoms. The molecule has 0 aliphatic rings. The number of hydrogen-bond donors (Lipinski definition) is 3. The summed E-state index contributed by atoms with van der Waals surface area (Å²) >= 11 is 17.2. The van der Waals surface area contributed by atoms with E-state index in [0.29, 0.717) is 10.7 Å². The Morgan fingerprint density at radius 2 is 1.85 bits per heavy atom. The molecule has 5 nitrogen and oxygen atoms in total. The summed E-state index contributed by atoms with van der Waals surface area (Å²) in [6, 6.07) is 8.10. The van der Waals surface area contributed by atoms with Crippen molar-refractivity contribution in [2.45, 2.75) is 26.2 Å². The Morgan fingerprint density at radius 3 is 2.44 bits per heavy atom. The predicted molar refractivity (Wildman–Crippen MR) is 114 cm³/mol. The normalized spacial score (nSPS) is 11.0. The Morgan fingerprint density at radius 1 is 1.19 bits per heavy atom. The van der Waals surface area contributed by atoms with Crippen molar-refractivity contribution in [1.29, 1.82) is 0 Å². The second-order valence-electron chi connectivity index (χ2n) is 6.86. The Labute approximate surface area is 173 Å². The van der Waals surface area contributed by atoms with Gasteiger partial charge in [-0.2, -0.15) is 0 Å². The number of ether oxygens (including phenoxy) is 1. The van der Waals surface area contributed by atoms with Crippen LogP contribution in [0.3, 0.4) is 0 Å². The molecular weight excluding hydrogens is 407 g/mol. The highest BCUT2D eigenvalue weighted by Crippen LogP contribution is 2.33. The van der Waals surface area contributed by atoms with Crippen LogP contribution in [0.25, 0.3) is 0 Å². The van der Waals surface area contributed by atoms with Gasteiger partial charge in [-0.3, -0.25) is 10.1 Å². The van der Waals surface area contributed by atoms with Crippen LogP contribution < -0.4 is 15.4 Å². The van der Waals surface area contributed by atoms with Crippen LogP contribution in [0.5, 0.6) is 11.5 Å². The molecule has 1 amide bonds. The molecule has 0 saturated carbocycles. The van der Waals surface area contributed by atoms with E-state index in [2.05, 4.69) is 31.4 Å². The number of amides is 1. The highest BCUT2D eigenvalue weighted by Gasteiger charge is 2.19. The van der Waals surface area contributed by atoms with Crippen molar-refractivity contribution in [1.82, 2.24) is 5.32 Å². The van der Waals surface area contributed by atoms with E-state index in [0.717, 1.165) is 5.56 Å². The second kappa shape index (κ2) is 8.33. The number of carbonyl (C=O) groups excluding carboxylic acids is 1. The number of rotatable bonds is 3. The van der Waals surface area contributed by atoms with Gasteiger partial charge < -0.3 is 15.2 Å².